The van der Waals surface area contributed by atoms with Crippen molar-refractivity contribution in [3.8, 4) is 0 Å². The molecule has 0 fully saturated rings. The number of nitrogen functional groups attached to an aromatic ring is 1. The van der Waals surface area contributed by atoms with Crippen molar-refractivity contribution in [3.05, 3.63) is 59.7 Å². The van der Waals surface area contributed by atoms with E-state index < -0.39 is 11.9 Å². The van der Waals surface area contributed by atoms with E-state index >= 15 is 0 Å². The zero-order valence-corrected chi connectivity index (χ0v) is 10.4. The normalized spacial score (nSPS) is 12.3. The van der Waals surface area contributed by atoms with Crippen LogP contribution in [-0.4, -0.2) is 16.6 Å². The molecule has 0 saturated carbocycles. The molecule has 0 aliphatic heterocycles. The zero-order valence-electron chi connectivity index (χ0n) is 10.4. The molecule has 1 heterocycles. The second kappa shape index (κ2) is 6.26. The maximum atomic E-state index is 13.0. The fourth-order valence-corrected chi connectivity index (χ4v) is 1.74. The third-order valence-electron chi connectivity index (χ3n) is 2.79. The van der Waals surface area contributed by atoms with E-state index in [1.807, 2.05) is 12.1 Å². The summed E-state index contributed by atoms with van der Waals surface area (Å²) < 4.78 is 13.0. The lowest BCUT2D eigenvalue weighted by Gasteiger charge is -2.13. The summed E-state index contributed by atoms with van der Waals surface area (Å²) in [5.41, 5.74) is 7.14. The van der Waals surface area contributed by atoms with Crippen LogP contribution in [0.4, 0.5) is 10.1 Å². The predicted molar refractivity (Wildman–Crippen MR) is 71.7 cm³/mol. The first-order valence-corrected chi connectivity index (χ1v) is 5.99. The van der Waals surface area contributed by atoms with Crippen LogP contribution in [0.2, 0.25) is 0 Å². The number of anilines is 1. The van der Waals surface area contributed by atoms with Gasteiger partial charge in [-0.1, -0.05) is 12.1 Å². The molecular weight excluding hydrogens is 245 g/mol. The van der Waals surface area contributed by atoms with E-state index in [2.05, 4.69) is 10.3 Å². The van der Waals surface area contributed by atoms with Crippen molar-refractivity contribution in [3.63, 3.8) is 0 Å². The number of aliphatic hydroxyl groups is 1. The van der Waals surface area contributed by atoms with E-state index in [0.29, 0.717) is 18.7 Å². The van der Waals surface area contributed by atoms with Crippen molar-refractivity contribution in [1.29, 1.82) is 0 Å². The predicted octanol–water partition coefficient (Wildman–Crippen LogP) is 1.63. The molecule has 1 aromatic heterocycles. The number of hydrogen-bond acceptors (Lipinski definition) is 4. The van der Waals surface area contributed by atoms with Gasteiger partial charge in [0.05, 0.1) is 11.8 Å². The monoisotopic (exact) mass is 261 g/mol. The van der Waals surface area contributed by atoms with Crippen LogP contribution >= 0.6 is 0 Å². The number of nitrogens with two attached hydrogens (primary N) is 1. The smallest absolute Gasteiger partial charge is 0.146 e. The highest BCUT2D eigenvalue weighted by Gasteiger charge is 2.09. The molecule has 1 unspecified atom stereocenters. The maximum absolute atomic E-state index is 13.0. The Morgan fingerprint density at radius 2 is 2.21 bits per heavy atom. The quantitative estimate of drug-likeness (QED) is 0.715. The molecule has 100 valence electrons. The van der Waals surface area contributed by atoms with Crippen molar-refractivity contribution in [2.75, 3.05) is 12.3 Å². The van der Waals surface area contributed by atoms with Crippen LogP contribution in [0.15, 0.2) is 42.7 Å². The third-order valence-corrected chi connectivity index (χ3v) is 2.79. The molecule has 0 saturated heterocycles. The van der Waals surface area contributed by atoms with Crippen molar-refractivity contribution in [1.82, 2.24) is 10.3 Å². The van der Waals surface area contributed by atoms with Crippen molar-refractivity contribution >= 4 is 5.69 Å². The van der Waals surface area contributed by atoms with Crippen LogP contribution in [0.3, 0.4) is 0 Å². The van der Waals surface area contributed by atoms with Gasteiger partial charge in [0.1, 0.15) is 5.82 Å². The molecule has 0 bridgehead atoms. The second-order valence-electron chi connectivity index (χ2n) is 4.29. The molecule has 2 rings (SSSR count). The average molecular weight is 261 g/mol. The van der Waals surface area contributed by atoms with E-state index in [1.54, 1.807) is 12.4 Å². The summed E-state index contributed by atoms with van der Waals surface area (Å²) in [6.45, 7) is 0.974. The highest BCUT2D eigenvalue weighted by atomic mass is 19.1. The van der Waals surface area contributed by atoms with Gasteiger partial charge >= 0.3 is 0 Å². The van der Waals surface area contributed by atoms with Crippen LogP contribution in [0, 0.1) is 5.82 Å². The summed E-state index contributed by atoms with van der Waals surface area (Å²) in [7, 11) is 0. The van der Waals surface area contributed by atoms with Crippen LogP contribution < -0.4 is 11.1 Å². The number of rotatable bonds is 5. The molecular formula is C14H16FN3O. The summed E-state index contributed by atoms with van der Waals surface area (Å²) in [6, 6.07) is 8.04. The van der Waals surface area contributed by atoms with Gasteiger partial charge < -0.3 is 16.2 Å². The van der Waals surface area contributed by atoms with Gasteiger partial charge in [0.25, 0.3) is 0 Å². The number of aliphatic hydroxyl groups excluding tert-OH is 1. The number of halogens is 1. The third kappa shape index (κ3) is 3.74. The number of aromatic nitrogens is 1. The Hall–Kier alpha value is -1.98. The van der Waals surface area contributed by atoms with Gasteiger partial charge in [0.15, 0.2) is 0 Å². The Balaban J connectivity index is 1.87. The summed E-state index contributed by atoms with van der Waals surface area (Å²) in [5.74, 6) is -0.473. The van der Waals surface area contributed by atoms with Crippen LogP contribution in [0.25, 0.3) is 0 Å². The largest absolute Gasteiger partial charge is 0.396 e. The summed E-state index contributed by atoms with van der Waals surface area (Å²) in [6.07, 6.45) is 2.74. The lowest BCUT2D eigenvalue weighted by Crippen LogP contribution is -2.21. The average Bonchev–Trinajstić information content (AvgIpc) is 2.43. The fraction of sp³-hybridized carbons (Fsp3) is 0.214. The highest BCUT2D eigenvalue weighted by molar-refractivity contribution is 5.43. The minimum atomic E-state index is -0.723. The van der Waals surface area contributed by atoms with Crippen molar-refractivity contribution < 1.29 is 9.50 Å². The van der Waals surface area contributed by atoms with E-state index in [0.717, 1.165) is 5.56 Å². The molecule has 19 heavy (non-hydrogen) atoms. The highest BCUT2D eigenvalue weighted by Crippen LogP contribution is 2.18. The Labute approximate surface area is 111 Å². The van der Waals surface area contributed by atoms with Gasteiger partial charge in [-0.15, -0.1) is 0 Å². The lowest BCUT2D eigenvalue weighted by molar-refractivity contribution is 0.174. The number of benzene rings is 1. The van der Waals surface area contributed by atoms with Crippen LogP contribution in [0.5, 0.6) is 0 Å². The lowest BCUT2D eigenvalue weighted by atomic mass is 10.1. The minimum Gasteiger partial charge on any atom is -0.396 e. The van der Waals surface area contributed by atoms with Crippen molar-refractivity contribution in [2.24, 2.45) is 0 Å². The van der Waals surface area contributed by atoms with E-state index in [4.69, 9.17) is 5.73 Å². The first kappa shape index (κ1) is 13.5. The number of nitrogens with one attached hydrogen (secondary N) is 1. The zero-order chi connectivity index (χ0) is 13.7. The molecule has 0 aliphatic rings. The van der Waals surface area contributed by atoms with Gasteiger partial charge in [-0.25, -0.2) is 4.39 Å². The Morgan fingerprint density at radius 3 is 2.89 bits per heavy atom. The van der Waals surface area contributed by atoms with Gasteiger partial charge in [-0.3, -0.25) is 4.98 Å². The molecule has 2 aromatic rings. The number of hydrogen-bond donors (Lipinski definition) is 3. The molecule has 5 heteroatoms. The first-order valence-electron chi connectivity index (χ1n) is 5.99. The molecule has 0 amide bonds. The SMILES string of the molecule is Nc1cc(C(O)CNCc2cccnc2)ccc1F. The molecule has 4 nitrogen and oxygen atoms in total. The Bertz CT molecular complexity index is 533. The first-order chi connectivity index (χ1) is 9.16. The molecule has 1 aromatic carbocycles. The topological polar surface area (TPSA) is 71.2 Å². The maximum Gasteiger partial charge on any atom is 0.146 e. The van der Waals surface area contributed by atoms with E-state index in [9.17, 15) is 9.50 Å². The van der Waals surface area contributed by atoms with Gasteiger partial charge in [-0.2, -0.15) is 0 Å². The molecule has 0 radical (unpaired) electrons. The van der Waals surface area contributed by atoms with Gasteiger partial charge in [0, 0.05) is 25.5 Å². The standard InChI is InChI=1S/C14H16FN3O/c15-12-4-3-11(6-13(12)16)14(19)9-18-8-10-2-1-5-17-7-10/h1-7,14,18-19H,8-9,16H2. The van der Waals surface area contributed by atoms with Gasteiger partial charge in [-0.05, 0) is 29.3 Å². The molecule has 1 atom stereocenters. The second-order valence-corrected chi connectivity index (χ2v) is 4.29. The minimum absolute atomic E-state index is 0.0452. The molecule has 0 spiro atoms. The summed E-state index contributed by atoms with van der Waals surface area (Å²) in [4.78, 5) is 4.00. The van der Waals surface area contributed by atoms with Crippen molar-refractivity contribution in [2.45, 2.75) is 12.6 Å². The van der Waals surface area contributed by atoms with Crippen LogP contribution in [0.1, 0.15) is 17.2 Å². The summed E-state index contributed by atoms with van der Waals surface area (Å²) >= 11 is 0. The summed E-state index contributed by atoms with van der Waals surface area (Å²) in [5, 5.41) is 13.1. The molecule has 4 N–H and O–H groups in total. The van der Waals surface area contributed by atoms with E-state index in [-0.39, 0.29) is 5.69 Å². The Morgan fingerprint density at radius 1 is 1.37 bits per heavy atom. The Kier molecular flexibility index (Phi) is 4.43. The van der Waals surface area contributed by atoms with E-state index in [1.165, 1.54) is 18.2 Å². The van der Waals surface area contributed by atoms with Gasteiger partial charge in [0.2, 0.25) is 0 Å². The fourth-order valence-electron chi connectivity index (χ4n) is 1.74. The molecule has 0 aliphatic carbocycles. The number of pyridine rings is 1. The number of nitrogens with zero attached hydrogens (tertiary/aromatic N) is 1. The van der Waals surface area contributed by atoms with Crippen LogP contribution in [-0.2, 0) is 6.54 Å².